The summed E-state index contributed by atoms with van der Waals surface area (Å²) in [6.07, 6.45) is 1.92. The number of anilines is 2. The Morgan fingerprint density at radius 2 is 1.74 bits per heavy atom. The van der Waals surface area contributed by atoms with Gasteiger partial charge in [0.1, 0.15) is 6.04 Å². The second kappa shape index (κ2) is 7.00. The molecule has 0 aliphatic carbocycles. The smallest absolute Gasteiger partial charge is 0.250 e. The fourth-order valence-electron chi connectivity index (χ4n) is 3.98. The van der Waals surface area contributed by atoms with E-state index in [4.69, 9.17) is 0 Å². The third-order valence-electron chi connectivity index (χ3n) is 4.97. The molecule has 6 heteroatoms. The zero-order valence-corrected chi connectivity index (χ0v) is 17.2. The number of carbonyl (C=O) groups excluding carboxylic acids is 1. The van der Waals surface area contributed by atoms with Crippen LogP contribution in [-0.2, 0) is 21.2 Å². The van der Waals surface area contributed by atoms with Gasteiger partial charge in [-0.2, -0.15) is 0 Å². The molecule has 3 rings (SSSR count). The summed E-state index contributed by atoms with van der Waals surface area (Å²) in [5.41, 5.74) is 4.42. The van der Waals surface area contributed by atoms with Crippen LogP contribution in [-0.4, -0.2) is 32.7 Å². The standard InChI is InChI=1S/C21H26N2O3S/c1-14-10-15(2)12-19(11-14)23(27(5,25)26)17(4)21(24)22-16(3)13-18-8-6-7-9-20(18)22/h6-12,16-17H,13H2,1-5H3. The molecule has 1 aliphatic heterocycles. The van der Waals surface area contributed by atoms with Gasteiger partial charge < -0.3 is 4.90 Å². The SMILES string of the molecule is Cc1cc(C)cc(N(C(C)C(=O)N2c3ccccc3CC2C)S(C)(=O)=O)c1. The number of rotatable bonds is 4. The highest BCUT2D eigenvalue weighted by Gasteiger charge is 2.37. The van der Waals surface area contributed by atoms with Crippen LogP contribution in [0.2, 0.25) is 0 Å². The van der Waals surface area contributed by atoms with Gasteiger partial charge in [-0.15, -0.1) is 0 Å². The monoisotopic (exact) mass is 386 g/mol. The lowest BCUT2D eigenvalue weighted by molar-refractivity contribution is -0.119. The maximum Gasteiger partial charge on any atom is 0.250 e. The molecule has 0 bridgehead atoms. The minimum atomic E-state index is -3.63. The highest BCUT2D eigenvalue weighted by atomic mass is 32.2. The number of benzene rings is 2. The van der Waals surface area contributed by atoms with Crippen molar-refractivity contribution in [2.24, 2.45) is 0 Å². The van der Waals surface area contributed by atoms with Gasteiger partial charge in [0.25, 0.3) is 5.91 Å². The van der Waals surface area contributed by atoms with E-state index < -0.39 is 16.1 Å². The molecule has 5 nitrogen and oxygen atoms in total. The predicted octanol–water partition coefficient (Wildman–Crippen LogP) is 3.44. The Bertz CT molecular complexity index is 964. The molecule has 0 saturated carbocycles. The van der Waals surface area contributed by atoms with Crippen molar-refractivity contribution < 1.29 is 13.2 Å². The summed E-state index contributed by atoms with van der Waals surface area (Å²) >= 11 is 0. The van der Waals surface area contributed by atoms with Crippen LogP contribution >= 0.6 is 0 Å². The number of hydrogen-bond donors (Lipinski definition) is 0. The molecule has 0 fully saturated rings. The molecule has 27 heavy (non-hydrogen) atoms. The van der Waals surface area contributed by atoms with E-state index in [0.29, 0.717) is 5.69 Å². The number of fused-ring (bicyclic) bond motifs is 1. The highest BCUT2D eigenvalue weighted by Crippen LogP contribution is 2.34. The fraction of sp³-hybridized carbons (Fsp3) is 0.381. The largest absolute Gasteiger partial charge is 0.307 e. The summed E-state index contributed by atoms with van der Waals surface area (Å²) in [4.78, 5) is 15.1. The van der Waals surface area contributed by atoms with Crippen molar-refractivity contribution in [1.82, 2.24) is 0 Å². The van der Waals surface area contributed by atoms with Gasteiger partial charge in [0.05, 0.1) is 11.9 Å². The van der Waals surface area contributed by atoms with Crippen LogP contribution in [0.4, 0.5) is 11.4 Å². The van der Waals surface area contributed by atoms with Crippen molar-refractivity contribution in [3.8, 4) is 0 Å². The molecule has 144 valence electrons. The first-order valence-electron chi connectivity index (χ1n) is 9.08. The first-order valence-corrected chi connectivity index (χ1v) is 10.9. The van der Waals surface area contributed by atoms with E-state index in [9.17, 15) is 13.2 Å². The molecule has 0 spiro atoms. The molecule has 0 radical (unpaired) electrons. The number of carbonyl (C=O) groups is 1. The van der Waals surface area contributed by atoms with Gasteiger partial charge >= 0.3 is 0 Å². The van der Waals surface area contributed by atoms with Crippen LogP contribution in [0, 0.1) is 13.8 Å². The molecular formula is C21H26N2O3S. The van der Waals surface area contributed by atoms with Crippen LogP contribution < -0.4 is 9.21 Å². The Morgan fingerprint density at radius 1 is 1.15 bits per heavy atom. The molecule has 2 atom stereocenters. The molecule has 2 unspecified atom stereocenters. The summed E-state index contributed by atoms with van der Waals surface area (Å²) in [5, 5.41) is 0. The van der Waals surface area contributed by atoms with Crippen molar-refractivity contribution in [2.75, 3.05) is 15.5 Å². The zero-order valence-electron chi connectivity index (χ0n) is 16.4. The molecule has 0 aromatic heterocycles. The molecular weight excluding hydrogens is 360 g/mol. The lowest BCUT2D eigenvalue weighted by Crippen LogP contribution is -2.51. The quantitative estimate of drug-likeness (QED) is 0.809. The topological polar surface area (TPSA) is 57.7 Å². The number of para-hydroxylation sites is 1. The van der Waals surface area contributed by atoms with Crippen molar-refractivity contribution in [3.63, 3.8) is 0 Å². The summed E-state index contributed by atoms with van der Waals surface area (Å²) in [7, 11) is -3.63. The first-order chi connectivity index (χ1) is 12.6. The second-order valence-corrected chi connectivity index (χ2v) is 9.33. The van der Waals surface area contributed by atoms with Gasteiger partial charge in [0, 0.05) is 11.7 Å². The number of amides is 1. The third-order valence-corrected chi connectivity index (χ3v) is 6.21. The summed E-state index contributed by atoms with van der Waals surface area (Å²) in [6.45, 7) is 7.49. The van der Waals surface area contributed by atoms with Gasteiger partial charge in [-0.25, -0.2) is 8.42 Å². The molecule has 2 aromatic rings. The third kappa shape index (κ3) is 3.72. The van der Waals surface area contributed by atoms with E-state index in [2.05, 4.69) is 0 Å². The van der Waals surface area contributed by atoms with E-state index in [0.717, 1.165) is 35.1 Å². The van der Waals surface area contributed by atoms with Crippen molar-refractivity contribution in [1.29, 1.82) is 0 Å². The Morgan fingerprint density at radius 3 is 2.33 bits per heavy atom. The second-order valence-electron chi connectivity index (χ2n) is 7.47. The van der Waals surface area contributed by atoms with E-state index >= 15 is 0 Å². The average Bonchev–Trinajstić information content (AvgIpc) is 2.87. The summed E-state index contributed by atoms with van der Waals surface area (Å²) in [6, 6.07) is 12.6. The number of aryl methyl sites for hydroxylation is 2. The lowest BCUT2D eigenvalue weighted by atomic mass is 10.1. The van der Waals surface area contributed by atoms with Gasteiger partial charge in [-0.3, -0.25) is 9.10 Å². The van der Waals surface area contributed by atoms with Crippen LogP contribution in [0.1, 0.15) is 30.5 Å². The first kappa shape index (κ1) is 19.4. The normalized spacial score (nSPS) is 17.5. The summed E-state index contributed by atoms with van der Waals surface area (Å²) < 4.78 is 26.4. The molecule has 1 amide bonds. The molecule has 1 heterocycles. The fourth-order valence-corrected chi connectivity index (χ4v) is 5.14. The Kier molecular flexibility index (Phi) is 5.04. The van der Waals surface area contributed by atoms with E-state index in [1.54, 1.807) is 24.0 Å². The molecule has 0 N–H and O–H groups in total. The highest BCUT2D eigenvalue weighted by molar-refractivity contribution is 7.92. The van der Waals surface area contributed by atoms with Crippen LogP contribution in [0.15, 0.2) is 42.5 Å². The van der Waals surface area contributed by atoms with Crippen molar-refractivity contribution in [2.45, 2.75) is 46.2 Å². The maximum absolute atomic E-state index is 13.4. The van der Waals surface area contributed by atoms with E-state index in [1.807, 2.05) is 51.1 Å². The molecule has 2 aromatic carbocycles. The number of hydrogen-bond acceptors (Lipinski definition) is 3. The Hall–Kier alpha value is -2.34. The average molecular weight is 387 g/mol. The van der Waals surface area contributed by atoms with E-state index in [-0.39, 0.29) is 11.9 Å². The van der Waals surface area contributed by atoms with Gasteiger partial charge in [0.2, 0.25) is 10.0 Å². The number of nitrogens with zero attached hydrogens (tertiary/aromatic N) is 2. The van der Waals surface area contributed by atoms with Crippen molar-refractivity contribution >= 4 is 27.3 Å². The van der Waals surface area contributed by atoms with Gasteiger partial charge in [-0.1, -0.05) is 24.3 Å². The Labute approximate surface area is 161 Å². The van der Waals surface area contributed by atoms with Gasteiger partial charge in [0.15, 0.2) is 0 Å². The van der Waals surface area contributed by atoms with E-state index in [1.165, 1.54) is 4.31 Å². The minimum absolute atomic E-state index is 0.00185. The van der Waals surface area contributed by atoms with Crippen LogP contribution in [0.25, 0.3) is 0 Å². The minimum Gasteiger partial charge on any atom is -0.307 e. The summed E-state index contributed by atoms with van der Waals surface area (Å²) in [5.74, 6) is -0.211. The number of sulfonamides is 1. The van der Waals surface area contributed by atoms with Crippen LogP contribution in [0.5, 0.6) is 0 Å². The molecule has 0 saturated heterocycles. The lowest BCUT2D eigenvalue weighted by Gasteiger charge is -2.33. The van der Waals surface area contributed by atoms with Crippen LogP contribution in [0.3, 0.4) is 0 Å². The van der Waals surface area contributed by atoms with Gasteiger partial charge in [-0.05, 0) is 69.0 Å². The zero-order chi connectivity index (χ0) is 19.9. The molecule has 1 aliphatic rings. The maximum atomic E-state index is 13.4. The van der Waals surface area contributed by atoms with Crippen molar-refractivity contribution in [3.05, 3.63) is 59.2 Å². The predicted molar refractivity (Wildman–Crippen MR) is 110 cm³/mol. The Balaban J connectivity index is 2.02.